The number of rotatable bonds is 12. The molecule has 0 saturated heterocycles. The maximum atomic E-state index is 12.3. The summed E-state index contributed by atoms with van der Waals surface area (Å²) in [6, 6.07) is 11.5. The molecule has 2 aromatic carbocycles. The zero-order valence-corrected chi connectivity index (χ0v) is 19.9. The SMILES string of the molecule is CC(C)C(COc1nnc(-c2ccc(OC(F)(F)F)cc2)o1)Nc1ccc(C(=O)NCCC(=O)O)cc1. The number of anilines is 1. The second kappa shape index (κ2) is 12.1. The summed E-state index contributed by atoms with van der Waals surface area (Å²) in [6.45, 7) is 4.16. The largest absolute Gasteiger partial charge is 0.573 e. The smallest absolute Gasteiger partial charge is 0.481 e. The first-order valence-corrected chi connectivity index (χ1v) is 11.2. The van der Waals surface area contributed by atoms with Crippen molar-refractivity contribution < 1.29 is 41.8 Å². The van der Waals surface area contributed by atoms with E-state index in [0.717, 1.165) is 17.8 Å². The quantitative estimate of drug-likeness (QED) is 0.317. The van der Waals surface area contributed by atoms with Gasteiger partial charge in [0.25, 0.3) is 11.8 Å². The number of hydrogen-bond acceptors (Lipinski definition) is 8. The molecule has 3 aromatic rings. The number of carboxylic acids is 1. The molecular weight excluding hydrogens is 497 g/mol. The van der Waals surface area contributed by atoms with E-state index >= 15 is 0 Å². The average molecular weight is 522 g/mol. The highest BCUT2D eigenvalue weighted by Crippen LogP contribution is 2.27. The maximum absolute atomic E-state index is 12.3. The van der Waals surface area contributed by atoms with Gasteiger partial charge in [0.15, 0.2) is 0 Å². The summed E-state index contributed by atoms with van der Waals surface area (Å²) in [4.78, 5) is 22.6. The first kappa shape index (κ1) is 27.3. The highest BCUT2D eigenvalue weighted by Gasteiger charge is 2.31. The average Bonchev–Trinajstić information content (AvgIpc) is 3.30. The van der Waals surface area contributed by atoms with Crippen LogP contribution in [0, 0.1) is 5.92 Å². The van der Waals surface area contributed by atoms with Crippen LogP contribution < -0.4 is 20.1 Å². The van der Waals surface area contributed by atoms with Gasteiger partial charge in [-0.05, 0) is 54.4 Å². The molecule has 0 saturated carbocycles. The Balaban J connectivity index is 1.55. The van der Waals surface area contributed by atoms with Crippen LogP contribution in [0.4, 0.5) is 18.9 Å². The molecule has 0 radical (unpaired) electrons. The third kappa shape index (κ3) is 8.70. The van der Waals surface area contributed by atoms with Gasteiger partial charge in [0.2, 0.25) is 0 Å². The maximum Gasteiger partial charge on any atom is 0.573 e. The number of nitrogens with one attached hydrogen (secondary N) is 2. The second-order valence-electron chi connectivity index (χ2n) is 8.23. The number of carboxylic acid groups (broad SMARTS) is 1. The number of hydrogen-bond donors (Lipinski definition) is 3. The number of carbonyl (C=O) groups excluding carboxylic acids is 1. The minimum atomic E-state index is -4.78. The van der Waals surface area contributed by atoms with E-state index in [0.29, 0.717) is 11.1 Å². The summed E-state index contributed by atoms with van der Waals surface area (Å²) in [6.07, 6.45) is -5.05. The van der Waals surface area contributed by atoms with E-state index in [1.165, 1.54) is 12.1 Å². The number of benzene rings is 2. The van der Waals surface area contributed by atoms with E-state index in [1.807, 2.05) is 13.8 Å². The van der Waals surface area contributed by atoms with Crippen LogP contribution in [0.15, 0.2) is 52.9 Å². The van der Waals surface area contributed by atoms with Gasteiger partial charge in [0, 0.05) is 23.4 Å². The molecule has 37 heavy (non-hydrogen) atoms. The minimum absolute atomic E-state index is 0.0378. The highest BCUT2D eigenvalue weighted by atomic mass is 19.4. The van der Waals surface area contributed by atoms with Crippen molar-refractivity contribution in [3.8, 4) is 23.3 Å². The van der Waals surface area contributed by atoms with Gasteiger partial charge in [-0.1, -0.05) is 18.9 Å². The zero-order valence-electron chi connectivity index (χ0n) is 19.9. The number of amides is 1. The summed E-state index contributed by atoms with van der Waals surface area (Å²) < 4.78 is 51.9. The van der Waals surface area contributed by atoms with Crippen LogP contribution in [-0.4, -0.2) is 52.7 Å². The van der Waals surface area contributed by atoms with Gasteiger partial charge >= 0.3 is 18.4 Å². The lowest BCUT2D eigenvalue weighted by molar-refractivity contribution is -0.274. The Kier molecular flexibility index (Phi) is 8.93. The first-order valence-electron chi connectivity index (χ1n) is 11.2. The Morgan fingerprint density at radius 2 is 1.73 bits per heavy atom. The van der Waals surface area contributed by atoms with Crippen molar-refractivity contribution in [1.29, 1.82) is 0 Å². The molecule has 10 nitrogen and oxygen atoms in total. The van der Waals surface area contributed by atoms with Crippen molar-refractivity contribution in [2.45, 2.75) is 32.7 Å². The number of ether oxygens (including phenoxy) is 2. The van der Waals surface area contributed by atoms with Crippen molar-refractivity contribution >= 4 is 17.6 Å². The number of carbonyl (C=O) groups is 2. The summed E-state index contributed by atoms with van der Waals surface area (Å²) >= 11 is 0. The number of alkyl halides is 3. The van der Waals surface area contributed by atoms with E-state index in [2.05, 4.69) is 25.6 Å². The standard InChI is InChI=1S/C24H25F3N4O6/c1-14(2)19(29-17-7-3-15(4-8-17)21(34)28-12-11-20(32)33)13-35-23-31-30-22(36-23)16-5-9-18(10-6-16)37-24(25,26)27/h3-10,14,19,29H,11-13H2,1-2H3,(H,28,34)(H,32,33). The number of nitrogens with zero attached hydrogens (tertiary/aromatic N) is 2. The van der Waals surface area contributed by atoms with Gasteiger partial charge in [0.05, 0.1) is 12.5 Å². The Bertz CT molecular complexity index is 1180. The Morgan fingerprint density at radius 3 is 2.32 bits per heavy atom. The lowest BCUT2D eigenvalue weighted by Crippen LogP contribution is -2.32. The molecule has 0 fully saturated rings. The number of aliphatic carboxylic acids is 1. The fourth-order valence-corrected chi connectivity index (χ4v) is 3.06. The number of aromatic nitrogens is 2. The van der Waals surface area contributed by atoms with Crippen molar-refractivity contribution in [1.82, 2.24) is 15.5 Å². The van der Waals surface area contributed by atoms with Crippen LogP contribution in [0.25, 0.3) is 11.5 Å². The van der Waals surface area contributed by atoms with Crippen LogP contribution >= 0.6 is 0 Å². The van der Waals surface area contributed by atoms with Gasteiger partial charge in [0.1, 0.15) is 12.4 Å². The number of halogens is 3. The highest BCUT2D eigenvalue weighted by molar-refractivity contribution is 5.94. The van der Waals surface area contributed by atoms with E-state index in [1.54, 1.807) is 24.3 Å². The van der Waals surface area contributed by atoms with Gasteiger partial charge in [-0.25, -0.2) is 0 Å². The molecule has 0 bridgehead atoms. The van der Waals surface area contributed by atoms with Gasteiger partial charge < -0.3 is 29.6 Å². The summed E-state index contributed by atoms with van der Waals surface area (Å²) in [5.74, 6) is -1.54. The lowest BCUT2D eigenvalue weighted by atomic mass is 10.0. The third-order valence-corrected chi connectivity index (χ3v) is 5.06. The molecule has 1 amide bonds. The molecule has 13 heteroatoms. The molecule has 0 spiro atoms. The molecule has 1 unspecified atom stereocenters. The van der Waals surface area contributed by atoms with Crippen LogP contribution in [0.2, 0.25) is 0 Å². The molecule has 0 aliphatic carbocycles. The van der Waals surface area contributed by atoms with Gasteiger partial charge in [-0.15, -0.1) is 18.3 Å². The van der Waals surface area contributed by atoms with Crippen molar-refractivity contribution in [3.05, 3.63) is 54.1 Å². The molecule has 1 aromatic heterocycles. The van der Waals surface area contributed by atoms with Crippen molar-refractivity contribution in [2.24, 2.45) is 5.92 Å². The van der Waals surface area contributed by atoms with Gasteiger partial charge in [-0.3, -0.25) is 9.59 Å². The summed E-state index contributed by atoms with van der Waals surface area (Å²) in [5.41, 5.74) is 1.52. The topological polar surface area (TPSA) is 136 Å². The second-order valence-corrected chi connectivity index (χ2v) is 8.23. The zero-order chi connectivity index (χ0) is 27.0. The normalized spacial score (nSPS) is 12.2. The minimum Gasteiger partial charge on any atom is -0.481 e. The Hall–Kier alpha value is -4.29. The molecule has 3 N–H and O–H groups in total. The van der Waals surface area contributed by atoms with Crippen LogP contribution in [0.1, 0.15) is 30.6 Å². The lowest BCUT2D eigenvalue weighted by Gasteiger charge is -2.23. The molecule has 1 heterocycles. The van der Waals surface area contributed by atoms with E-state index < -0.39 is 12.3 Å². The van der Waals surface area contributed by atoms with Crippen LogP contribution in [0.5, 0.6) is 11.8 Å². The van der Waals surface area contributed by atoms with Crippen molar-refractivity contribution in [2.75, 3.05) is 18.5 Å². The van der Waals surface area contributed by atoms with Crippen LogP contribution in [-0.2, 0) is 4.79 Å². The molecule has 198 valence electrons. The Labute approximate surface area is 209 Å². The molecule has 3 rings (SSSR count). The van der Waals surface area contributed by atoms with Crippen molar-refractivity contribution in [3.63, 3.8) is 0 Å². The molecule has 0 aliphatic rings. The van der Waals surface area contributed by atoms with Crippen LogP contribution in [0.3, 0.4) is 0 Å². The molecular formula is C24H25F3N4O6. The summed E-state index contributed by atoms with van der Waals surface area (Å²) in [7, 11) is 0. The fourth-order valence-electron chi connectivity index (χ4n) is 3.06. The van der Waals surface area contributed by atoms with E-state index in [4.69, 9.17) is 14.3 Å². The first-order chi connectivity index (χ1) is 17.5. The predicted octanol–water partition coefficient (Wildman–Crippen LogP) is 4.36. The summed E-state index contributed by atoms with van der Waals surface area (Å²) in [5, 5.41) is 22.2. The predicted molar refractivity (Wildman–Crippen MR) is 125 cm³/mol. The van der Waals surface area contributed by atoms with E-state index in [9.17, 15) is 22.8 Å². The molecule has 1 atom stereocenters. The fraction of sp³-hybridized carbons (Fsp3) is 0.333. The Morgan fingerprint density at radius 1 is 1.05 bits per heavy atom. The van der Waals surface area contributed by atoms with Gasteiger partial charge in [-0.2, -0.15) is 0 Å². The third-order valence-electron chi connectivity index (χ3n) is 5.06. The monoisotopic (exact) mass is 522 g/mol. The molecule has 0 aliphatic heterocycles. The van der Waals surface area contributed by atoms with E-state index in [-0.39, 0.29) is 55.2 Å².